The average molecular weight is 315 g/mol. The smallest absolute Gasteiger partial charge is 0.273 e. The molecule has 0 amide bonds. The Balaban J connectivity index is 3.09. The fourth-order valence-corrected chi connectivity index (χ4v) is 2.21. The highest BCUT2D eigenvalue weighted by Crippen LogP contribution is 2.28. The summed E-state index contributed by atoms with van der Waals surface area (Å²) in [6, 6.07) is 5.65. The van der Waals surface area contributed by atoms with Crippen molar-refractivity contribution in [2.24, 2.45) is 5.92 Å². The first-order valence-corrected chi connectivity index (χ1v) is 7.06. The lowest BCUT2D eigenvalue weighted by Crippen LogP contribution is -2.33. The standard InChI is InChI=1S/C13H19BrN2O2/c1-9(2)10(3)15(4)12-5-6-13(16(17)18)11(7-12)8-14/h5-7,9-10H,8H2,1-4H3. The van der Waals surface area contributed by atoms with Gasteiger partial charge in [0.25, 0.3) is 5.69 Å². The van der Waals surface area contributed by atoms with E-state index in [1.807, 2.05) is 19.2 Å². The van der Waals surface area contributed by atoms with Crippen molar-refractivity contribution in [2.75, 3.05) is 11.9 Å². The molecular formula is C13H19BrN2O2. The zero-order valence-electron chi connectivity index (χ0n) is 11.2. The van der Waals surface area contributed by atoms with Crippen LogP contribution in [0.2, 0.25) is 0 Å². The Kier molecular flexibility index (Phi) is 5.14. The van der Waals surface area contributed by atoms with Gasteiger partial charge in [-0.05, 0) is 25.0 Å². The van der Waals surface area contributed by atoms with Crippen LogP contribution in [-0.2, 0) is 5.33 Å². The first-order chi connectivity index (χ1) is 8.38. The maximum absolute atomic E-state index is 10.9. The number of nitro benzene ring substituents is 1. The van der Waals surface area contributed by atoms with Gasteiger partial charge in [-0.25, -0.2) is 0 Å². The molecule has 1 aromatic carbocycles. The number of alkyl halides is 1. The molecule has 1 atom stereocenters. The number of hydrogen-bond donors (Lipinski definition) is 0. The lowest BCUT2D eigenvalue weighted by atomic mass is 10.0. The van der Waals surface area contributed by atoms with Crippen LogP contribution < -0.4 is 4.90 Å². The van der Waals surface area contributed by atoms with E-state index in [-0.39, 0.29) is 10.6 Å². The number of anilines is 1. The molecule has 5 heteroatoms. The summed E-state index contributed by atoms with van der Waals surface area (Å²) in [5.74, 6) is 0.526. The van der Waals surface area contributed by atoms with Gasteiger partial charge in [0.05, 0.1) is 4.92 Å². The summed E-state index contributed by atoms with van der Waals surface area (Å²) >= 11 is 3.30. The third kappa shape index (κ3) is 3.22. The molecule has 0 heterocycles. The van der Waals surface area contributed by atoms with E-state index in [9.17, 15) is 10.1 Å². The average Bonchev–Trinajstić information content (AvgIpc) is 2.35. The van der Waals surface area contributed by atoms with Crippen molar-refractivity contribution in [3.8, 4) is 0 Å². The molecule has 0 bridgehead atoms. The van der Waals surface area contributed by atoms with E-state index < -0.39 is 0 Å². The van der Waals surface area contributed by atoms with Gasteiger partial charge in [-0.15, -0.1) is 0 Å². The van der Waals surface area contributed by atoms with Crippen molar-refractivity contribution >= 4 is 27.3 Å². The fourth-order valence-electron chi connectivity index (χ4n) is 1.76. The van der Waals surface area contributed by atoms with Crippen molar-refractivity contribution < 1.29 is 4.92 Å². The molecule has 1 unspecified atom stereocenters. The SMILES string of the molecule is CC(C)C(C)N(C)c1ccc([N+](=O)[O-])c(CBr)c1. The Hall–Kier alpha value is -1.10. The number of hydrogen-bond acceptors (Lipinski definition) is 3. The highest BCUT2D eigenvalue weighted by Gasteiger charge is 2.18. The molecule has 0 saturated heterocycles. The summed E-state index contributed by atoms with van der Waals surface area (Å²) in [4.78, 5) is 12.7. The van der Waals surface area contributed by atoms with Gasteiger partial charge >= 0.3 is 0 Å². The molecule has 0 aliphatic carbocycles. The summed E-state index contributed by atoms with van der Waals surface area (Å²) in [5.41, 5.74) is 1.89. The minimum Gasteiger partial charge on any atom is -0.372 e. The maximum atomic E-state index is 10.9. The topological polar surface area (TPSA) is 46.4 Å². The Bertz CT molecular complexity index is 435. The van der Waals surface area contributed by atoms with Crippen molar-refractivity contribution in [3.63, 3.8) is 0 Å². The molecule has 0 N–H and O–H groups in total. The van der Waals surface area contributed by atoms with Crippen LogP contribution in [0.5, 0.6) is 0 Å². The van der Waals surface area contributed by atoms with E-state index in [0.717, 1.165) is 5.69 Å². The van der Waals surface area contributed by atoms with E-state index in [1.54, 1.807) is 6.07 Å². The van der Waals surface area contributed by atoms with Crippen LogP contribution in [0.4, 0.5) is 11.4 Å². The highest BCUT2D eigenvalue weighted by atomic mass is 79.9. The van der Waals surface area contributed by atoms with Crippen LogP contribution in [-0.4, -0.2) is 18.0 Å². The Morgan fingerprint density at radius 2 is 2.00 bits per heavy atom. The molecule has 1 aromatic rings. The van der Waals surface area contributed by atoms with Gasteiger partial charge in [0.2, 0.25) is 0 Å². The van der Waals surface area contributed by atoms with Crippen molar-refractivity contribution in [1.82, 2.24) is 0 Å². The minimum atomic E-state index is -0.341. The summed E-state index contributed by atoms with van der Waals surface area (Å²) in [5, 5.41) is 11.4. The van der Waals surface area contributed by atoms with Gasteiger partial charge < -0.3 is 4.90 Å². The van der Waals surface area contributed by atoms with Crippen LogP contribution in [0.1, 0.15) is 26.3 Å². The molecule has 0 aromatic heterocycles. The van der Waals surface area contributed by atoms with E-state index >= 15 is 0 Å². The molecule has 100 valence electrons. The largest absolute Gasteiger partial charge is 0.372 e. The van der Waals surface area contributed by atoms with Crippen molar-refractivity contribution in [2.45, 2.75) is 32.1 Å². The van der Waals surface area contributed by atoms with Gasteiger partial charge in [0.1, 0.15) is 0 Å². The van der Waals surface area contributed by atoms with Gasteiger partial charge in [-0.2, -0.15) is 0 Å². The predicted molar refractivity (Wildman–Crippen MR) is 78.4 cm³/mol. The second-order valence-corrected chi connectivity index (χ2v) is 5.36. The van der Waals surface area contributed by atoms with Gasteiger partial charge in [0.15, 0.2) is 0 Å². The molecule has 1 rings (SSSR count). The lowest BCUT2D eigenvalue weighted by molar-refractivity contribution is -0.385. The first-order valence-electron chi connectivity index (χ1n) is 5.94. The Morgan fingerprint density at radius 1 is 1.39 bits per heavy atom. The second-order valence-electron chi connectivity index (χ2n) is 4.80. The molecule has 18 heavy (non-hydrogen) atoms. The first kappa shape index (κ1) is 15.0. The van der Waals surface area contributed by atoms with Crippen LogP contribution in [0.25, 0.3) is 0 Å². The van der Waals surface area contributed by atoms with Gasteiger partial charge in [-0.3, -0.25) is 10.1 Å². The Morgan fingerprint density at radius 3 is 2.44 bits per heavy atom. The molecule has 0 aliphatic rings. The van der Waals surface area contributed by atoms with Crippen molar-refractivity contribution in [3.05, 3.63) is 33.9 Å². The maximum Gasteiger partial charge on any atom is 0.273 e. The molecule has 4 nitrogen and oxygen atoms in total. The van der Waals surface area contributed by atoms with E-state index in [0.29, 0.717) is 22.9 Å². The lowest BCUT2D eigenvalue weighted by Gasteiger charge is -2.30. The molecule has 0 fully saturated rings. The number of nitrogens with zero attached hydrogens (tertiary/aromatic N) is 2. The zero-order chi connectivity index (χ0) is 13.9. The summed E-state index contributed by atoms with van der Waals surface area (Å²) in [6.07, 6.45) is 0. The summed E-state index contributed by atoms with van der Waals surface area (Å²) in [7, 11) is 2.02. The van der Waals surface area contributed by atoms with Crippen LogP contribution in [0.3, 0.4) is 0 Å². The normalized spacial score (nSPS) is 12.6. The fraction of sp³-hybridized carbons (Fsp3) is 0.538. The van der Waals surface area contributed by atoms with Crippen LogP contribution in [0.15, 0.2) is 18.2 Å². The van der Waals surface area contributed by atoms with Crippen LogP contribution in [0, 0.1) is 16.0 Å². The predicted octanol–water partition coefficient (Wildman–Crippen LogP) is 3.97. The molecule has 0 saturated carbocycles. The monoisotopic (exact) mass is 314 g/mol. The third-order valence-corrected chi connectivity index (χ3v) is 3.99. The molecule has 0 spiro atoms. The molecule has 0 aliphatic heterocycles. The number of nitro groups is 1. The molecular weight excluding hydrogens is 296 g/mol. The number of rotatable bonds is 5. The quantitative estimate of drug-likeness (QED) is 0.469. The summed E-state index contributed by atoms with van der Waals surface area (Å²) < 4.78 is 0. The molecule has 0 radical (unpaired) electrons. The van der Waals surface area contributed by atoms with Gasteiger partial charge in [0, 0.05) is 35.7 Å². The zero-order valence-corrected chi connectivity index (χ0v) is 12.8. The van der Waals surface area contributed by atoms with E-state index in [4.69, 9.17) is 0 Å². The third-order valence-electron chi connectivity index (χ3n) is 3.39. The second kappa shape index (κ2) is 6.18. The highest BCUT2D eigenvalue weighted by molar-refractivity contribution is 9.08. The Labute approximate surface area is 116 Å². The number of halogens is 1. The number of benzene rings is 1. The minimum absolute atomic E-state index is 0.168. The van der Waals surface area contributed by atoms with E-state index in [1.165, 1.54) is 0 Å². The van der Waals surface area contributed by atoms with Crippen LogP contribution >= 0.6 is 15.9 Å². The van der Waals surface area contributed by atoms with Gasteiger partial charge in [-0.1, -0.05) is 29.8 Å². The van der Waals surface area contributed by atoms with E-state index in [2.05, 4.69) is 41.6 Å². The van der Waals surface area contributed by atoms with Crippen molar-refractivity contribution in [1.29, 1.82) is 0 Å². The summed E-state index contributed by atoms with van der Waals surface area (Å²) in [6.45, 7) is 6.48.